The van der Waals surface area contributed by atoms with E-state index in [0.717, 1.165) is 33.3 Å². The number of fused-ring (bicyclic) bond motifs is 1. The van der Waals surface area contributed by atoms with Crippen LogP contribution in [0.25, 0.3) is 22.0 Å². The van der Waals surface area contributed by atoms with Gasteiger partial charge in [-0.25, -0.2) is 0 Å². The number of hydrogen-bond donors (Lipinski definition) is 2. The van der Waals surface area contributed by atoms with Crippen molar-refractivity contribution in [3.63, 3.8) is 0 Å². The molecule has 0 amide bonds. The minimum absolute atomic E-state index is 0.252. The Balaban J connectivity index is 2.08. The molecule has 0 aliphatic carbocycles. The number of nitrogens with zero attached hydrogens (tertiary/aromatic N) is 1. The monoisotopic (exact) mass is 374 g/mol. The minimum atomic E-state index is -0.854. The summed E-state index contributed by atoms with van der Waals surface area (Å²) in [5.74, 6) is 0. The molecular formula is C20H20Cl2N2O. The molecule has 5 heteroatoms. The van der Waals surface area contributed by atoms with E-state index in [9.17, 15) is 5.11 Å². The van der Waals surface area contributed by atoms with Gasteiger partial charge in [-0.05, 0) is 49.6 Å². The van der Waals surface area contributed by atoms with Gasteiger partial charge in [0.05, 0.1) is 27.3 Å². The van der Waals surface area contributed by atoms with Crippen molar-refractivity contribution in [2.24, 2.45) is 0 Å². The van der Waals surface area contributed by atoms with E-state index in [1.54, 1.807) is 20.0 Å². The predicted octanol–water partition coefficient (Wildman–Crippen LogP) is 5.78. The molecule has 0 fully saturated rings. The number of rotatable bonds is 4. The van der Waals surface area contributed by atoms with Gasteiger partial charge >= 0.3 is 0 Å². The Morgan fingerprint density at radius 3 is 2.32 bits per heavy atom. The van der Waals surface area contributed by atoms with Crippen LogP contribution in [-0.4, -0.2) is 15.6 Å². The normalized spacial score (nSPS) is 13.0. The summed E-state index contributed by atoms with van der Waals surface area (Å²) in [5, 5.41) is 14.7. The summed E-state index contributed by atoms with van der Waals surface area (Å²) in [6, 6.07) is 13.9. The van der Waals surface area contributed by atoms with Gasteiger partial charge in [0.2, 0.25) is 0 Å². The number of nitrogens with one attached hydrogen (secondary N) is 1. The first-order chi connectivity index (χ1) is 11.8. The number of aromatic nitrogens is 1. The summed E-state index contributed by atoms with van der Waals surface area (Å²) in [4.78, 5) is 4.38. The van der Waals surface area contributed by atoms with Gasteiger partial charge in [-0.1, -0.05) is 53.5 Å². The van der Waals surface area contributed by atoms with Crippen LogP contribution in [0.5, 0.6) is 0 Å². The molecule has 1 atom stereocenters. The first kappa shape index (κ1) is 18.0. The molecule has 0 spiro atoms. The van der Waals surface area contributed by atoms with Crippen LogP contribution < -0.4 is 5.32 Å². The fraction of sp³-hybridized carbons (Fsp3) is 0.250. The molecule has 1 aromatic heterocycles. The molecule has 3 nitrogen and oxygen atoms in total. The molecule has 130 valence electrons. The third-order valence-electron chi connectivity index (χ3n) is 4.09. The molecule has 0 aliphatic rings. The predicted molar refractivity (Wildman–Crippen MR) is 106 cm³/mol. The van der Waals surface area contributed by atoms with Crippen molar-refractivity contribution in [1.82, 2.24) is 4.98 Å². The van der Waals surface area contributed by atoms with Gasteiger partial charge in [-0.2, -0.15) is 0 Å². The van der Waals surface area contributed by atoms with E-state index in [4.69, 9.17) is 23.2 Å². The average Bonchev–Trinajstić information content (AvgIpc) is 2.56. The van der Waals surface area contributed by atoms with Crippen LogP contribution in [0.3, 0.4) is 0 Å². The number of alkyl halides is 1. The summed E-state index contributed by atoms with van der Waals surface area (Å²) < 4.78 is 0. The molecule has 25 heavy (non-hydrogen) atoms. The van der Waals surface area contributed by atoms with Crippen molar-refractivity contribution in [3.05, 3.63) is 59.2 Å². The lowest BCUT2D eigenvalue weighted by Crippen LogP contribution is -2.14. The second-order valence-electron chi connectivity index (χ2n) is 6.61. The molecule has 1 unspecified atom stereocenters. The lowest BCUT2D eigenvalue weighted by Gasteiger charge is -2.18. The van der Waals surface area contributed by atoms with Crippen molar-refractivity contribution in [2.75, 3.05) is 5.32 Å². The summed E-state index contributed by atoms with van der Waals surface area (Å²) in [7, 11) is 0. The zero-order valence-corrected chi connectivity index (χ0v) is 15.9. The highest BCUT2D eigenvalue weighted by Gasteiger charge is 2.16. The van der Waals surface area contributed by atoms with Gasteiger partial charge in [-0.15, -0.1) is 0 Å². The largest absolute Gasteiger partial charge is 0.386 e. The fourth-order valence-electron chi connectivity index (χ4n) is 2.76. The summed E-state index contributed by atoms with van der Waals surface area (Å²) in [6.45, 7) is 5.40. The van der Waals surface area contributed by atoms with E-state index in [0.29, 0.717) is 5.02 Å². The number of pyridine rings is 1. The smallest absolute Gasteiger partial charge is 0.0984 e. The van der Waals surface area contributed by atoms with Gasteiger partial charge < -0.3 is 10.4 Å². The SMILES string of the molecule is CC(Cl)Nc1c(Cl)cnc2ccc(-c3ccc(C(C)(C)O)cc3)cc12. The first-order valence-corrected chi connectivity index (χ1v) is 8.89. The number of aliphatic hydroxyl groups is 1. The van der Waals surface area contributed by atoms with Crippen LogP contribution in [0.2, 0.25) is 5.02 Å². The summed E-state index contributed by atoms with van der Waals surface area (Å²) >= 11 is 12.4. The second-order valence-corrected chi connectivity index (χ2v) is 7.67. The van der Waals surface area contributed by atoms with Crippen LogP contribution in [0.15, 0.2) is 48.7 Å². The molecule has 2 N–H and O–H groups in total. The maximum atomic E-state index is 10.1. The number of anilines is 1. The molecule has 3 rings (SSSR count). The highest BCUT2D eigenvalue weighted by Crippen LogP contribution is 2.34. The maximum absolute atomic E-state index is 10.1. The molecule has 2 aromatic carbocycles. The summed E-state index contributed by atoms with van der Waals surface area (Å²) in [5.41, 5.74) is 3.50. The molecule has 0 bridgehead atoms. The van der Waals surface area contributed by atoms with Crippen molar-refractivity contribution < 1.29 is 5.11 Å². The molecule has 0 saturated heterocycles. The number of halogens is 2. The van der Waals surface area contributed by atoms with Crippen molar-refractivity contribution >= 4 is 39.8 Å². The highest BCUT2D eigenvalue weighted by molar-refractivity contribution is 6.35. The minimum Gasteiger partial charge on any atom is -0.386 e. The Kier molecular flexibility index (Phi) is 4.92. The standard InChI is InChI=1S/C20H20Cl2N2O/c1-12(21)24-19-16-10-14(6-9-18(16)23-11-17(19)22)13-4-7-15(8-5-13)20(2,3)25/h4-12,25H,1-3H3,(H,23,24). The molecule has 3 aromatic rings. The first-order valence-electron chi connectivity index (χ1n) is 8.08. The van der Waals surface area contributed by atoms with Gasteiger partial charge in [0.1, 0.15) is 0 Å². The van der Waals surface area contributed by atoms with Crippen LogP contribution in [0.4, 0.5) is 5.69 Å². The third kappa shape index (κ3) is 3.90. The van der Waals surface area contributed by atoms with Gasteiger partial charge in [-0.3, -0.25) is 4.98 Å². The van der Waals surface area contributed by atoms with E-state index in [-0.39, 0.29) is 5.50 Å². The van der Waals surface area contributed by atoms with E-state index < -0.39 is 5.60 Å². The van der Waals surface area contributed by atoms with Crippen molar-refractivity contribution in [1.29, 1.82) is 0 Å². The molecule has 0 aliphatic heterocycles. The second kappa shape index (κ2) is 6.83. The summed E-state index contributed by atoms with van der Waals surface area (Å²) in [6.07, 6.45) is 1.63. The molecule has 0 saturated carbocycles. The Morgan fingerprint density at radius 2 is 1.72 bits per heavy atom. The van der Waals surface area contributed by atoms with Crippen LogP contribution in [0, 0.1) is 0 Å². The number of hydrogen-bond acceptors (Lipinski definition) is 3. The molecule has 0 radical (unpaired) electrons. The van der Waals surface area contributed by atoms with E-state index in [1.807, 2.05) is 43.3 Å². The van der Waals surface area contributed by atoms with E-state index in [2.05, 4.69) is 16.4 Å². The van der Waals surface area contributed by atoms with Crippen LogP contribution in [0.1, 0.15) is 26.3 Å². The van der Waals surface area contributed by atoms with Crippen molar-refractivity contribution in [2.45, 2.75) is 31.9 Å². The Labute approximate surface area is 157 Å². The quantitative estimate of drug-likeness (QED) is 0.449. The Hall–Kier alpha value is -1.81. The van der Waals surface area contributed by atoms with E-state index >= 15 is 0 Å². The Morgan fingerprint density at radius 1 is 1.08 bits per heavy atom. The van der Waals surface area contributed by atoms with Gasteiger partial charge in [0.15, 0.2) is 0 Å². The van der Waals surface area contributed by atoms with Gasteiger partial charge in [0.25, 0.3) is 0 Å². The maximum Gasteiger partial charge on any atom is 0.0984 e. The number of benzene rings is 2. The molecular weight excluding hydrogens is 355 g/mol. The lowest BCUT2D eigenvalue weighted by molar-refractivity contribution is 0.0786. The zero-order chi connectivity index (χ0) is 18.2. The fourth-order valence-corrected chi connectivity index (χ4v) is 3.08. The highest BCUT2D eigenvalue weighted by atomic mass is 35.5. The Bertz CT molecular complexity index is 900. The third-order valence-corrected chi connectivity index (χ3v) is 4.49. The lowest BCUT2D eigenvalue weighted by atomic mass is 9.95. The van der Waals surface area contributed by atoms with Crippen LogP contribution >= 0.6 is 23.2 Å². The average molecular weight is 375 g/mol. The van der Waals surface area contributed by atoms with E-state index in [1.165, 1.54) is 0 Å². The van der Waals surface area contributed by atoms with Gasteiger partial charge in [0, 0.05) is 11.6 Å². The van der Waals surface area contributed by atoms with Crippen molar-refractivity contribution in [3.8, 4) is 11.1 Å². The van der Waals surface area contributed by atoms with Crippen LogP contribution in [-0.2, 0) is 5.60 Å². The topological polar surface area (TPSA) is 45.2 Å². The zero-order valence-electron chi connectivity index (χ0n) is 14.3. The molecule has 1 heterocycles.